The maximum absolute atomic E-state index is 4.79. The molecule has 0 fully saturated rings. The SMILES string of the molecule is COCc1nc[c]cn1. The number of methoxy groups -OCH3 is 1. The molecule has 0 N–H and O–H groups in total. The van der Waals surface area contributed by atoms with Gasteiger partial charge >= 0.3 is 0 Å². The second-order valence-corrected chi connectivity index (χ2v) is 1.53. The molecule has 47 valence electrons. The van der Waals surface area contributed by atoms with Crippen LogP contribution < -0.4 is 0 Å². The molecule has 0 bridgehead atoms. The Kier molecular flexibility index (Phi) is 2.15. The van der Waals surface area contributed by atoms with Gasteiger partial charge < -0.3 is 4.74 Å². The molecule has 9 heavy (non-hydrogen) atoms. The van der Waals surface area contributed by atoms with Crippen molar-refractivity contribution in [3.63, 3.8) is 0 Å². The summed E-state index contributed by atoms with van der Waals surface area (Å²) in [5.74, 6) is 0.691. The predicted molar refractivity (Wildman–Crippen MR) is 31.6 cm³/mol. The van der Waals surface area contributed by atoms with Gasteiger partial charge in [0.1, 0.15) is 6.61 Å². The minimum Gasteiger partial charge on any atom is -0.377 e. The van der Waals surface area contributed by atoms with Crippen molar-refractivity contribution in [2.24, 2.45) is 0 Å². The molecule has 0 aliphatic heterocycles. The first-order valence-corrected chi connectivity index (χ1v) is 2.59. The quantitative estimate of drug-likeness (QED) is 0.571. The van der Waals surface area contributed by atoms with E-state index < -0.39 is 0 Å². The smallest absolute Gasteiger partial charge is 0.153 e. The van der Waals surface area contributed by atoms with Gasteiger partial charge in [-0.05, 0) is 0 Å². The summed E-state index contributed by atoms with van der Waals surface area (Å²) in [5, 5.41) is 0. The van der Waals surface area contributed by atoms with Crippen molar-refractivity contribution in [3.05, 3.63) is 24.3 Å². The van der Waals surface area contributed by atoms with Crippen molar-refractivity contribution >= 4 is 0 Å². The van der Waals surface area contributed by atoms with Crippen LogP contribution in [0.25, 0.3) is 0 Å². The van der Waals surface area contributed by atoms with Crippen molar-refractivity contribution in [2.75, 3.05) is 7.11 Å². The number of hydrogen-bond donors (Lipinski definition) is 0. The van der Waals surface area contributed by atoms with E-state index in [0.29, 0.717) is 12.4 Å². The van der Waals surface area contributed by atoms with Crippen molar-refractivity contribution in [2.45, 2.75) is 6.61 Å². The third kappa shape index (κ3) is 1.77. The zero-order valence-corrected chi connectivity index (χ0v) is 5.16. The zero-order chi connectivity index (χ0) is 6.53. The molecule has 0 saturated heterocycles. The molecule has 3 heteroatoms. The van der Waals surface area contributed by atoms with E-state index in [4.69, 9.17) is 4.74 Å². The van der Waals surface area contributed by atoms with Crippen LogP contribution in [0.4, 0.5) is 0 Å². The summed E-state index contributed by atoms with van der Waals surface area (Å²) >= 11 is 0. The van der Waals surface area contributed by atoms with Crippen molar-refractivity contribution < 1.29 is 4.74 Å². The van der Waals surface area contributed by atoms with Crippen molar-refractivity contribution in [1.82, 2.24) is 9.97 Å². The summed E-state index contributed by atoms with van der Waals surface area (Å²) in [7, 11) is 1.61. The van der Waals surface area contributed by atoms with Gasteiger partial charge in [-0.25, -0.2) is 9.97 Å². The molecule has 0 aliphatic carbocycles. The molecule has 0 atom stereocenters. The summed E-state index contributed by atoms with van der Waals surface area (Å²) in [6.45, 7) is 0.467. The van der Waals surface area contributed by atoms with Crippen LogP contribution in [0, 0.1) is 6.07 Å². The van der Waals surface area contributed by atoms with E-state index in [0.717, 1.165) is 0 Å². The fraction of sp³-hybridized carbons (Fsp3) is 0.333. The Morgan fingerprint density at radius 3 is 2.78 bits per heavy atom. The van der Waals surface area contributed by atoms with E-state index in [2.05, 4.69) is 16.0 Å². The second-order valence-electron chi connectivity index (χ2n) is 1.53. The Morgan fingerprint density at radius 2 is 2.22 bits per heavy atom. The lowest BCUT2D eigenvalue weighted by atomic mass is 10.6. The standard InChI is InChI=1S/C6H7N2O/c1-9-5-6-7-3-2-4-8-6/h3-4H,5H2,1H3. The van der Waals surface area contributed by atoms with Crippen LogP contribution in [0.1, 0.15) is 5.82 Å². The number of rotatable bonds is 2. The minimum absolute atomic E-state index is 0.467. The van der Waals surface area contributed by atoms with Crippen LogP contribution >= 0.6 is 0 Å². The first-order chi connectivity index (χ1) is 4.43. The third-order valence-electron chi connectivity index (χ3n) is 0.850. The van der Waals surface area contributed by atoms with E-state index >= 15 is 0 Å². The summed E-state index contributed by atoms with van der Waals surface area (Å²) < 4.78 is 4.79. The molecular weight excluding hydrogens is 116 g/mol. The molecule has 3 nitrogen and oxygen atoms in total. The molecule has 1 aromatic heterocycles. The lowest BCUT2D eigenvalue weighted by Crippen LogP contribution is -1.93. The molecule has 0 aromatic carbocycles. The number of hydrogen-bond acceptors (Lipinski definition) is 3. The minimum atomic E-state index is 0.467. The molecule has 0 unspecified atom stereocenters. The van der Waals surface area contributed by atoms with Crippen LogP contribution in [0.3, 0.4) is 0 Å². The average molecular weight is 123 g/mol. The Bertz CT molecular complexity index is 164. The maximum Gasteiger partial charge on any atom is 0.153 e. The summed E-state index contributed by atoms with van der Waals surface area (Å²) in [4.78, 5) is 7.75. The molecule has 1 radical (unpaired) electrons. The Morgan fingerprint density at radius 1 is 1.56 bits per heavy atom. The largest absolute Gasteiger partial charge is 0.377 e. The van der Waals surface area contributed by atoms with Gasteiger partial charge in [0.2, 0.25) is 0 Å². The Balaban J connectivity index is 2.61. The van der Waals surface area contributed by atoms with Gasteiger partial charge in [-0.3, -0.25) is 0 Å². The van der Waals surface area contributed by atoms with E-state index in [1.807, 2.05) is 0 Å². The van der Waals surface area contributed by atoms with Crippen molar-refractivity contribution in [3.8, 4) is 0 Å². The number of nitrogens with zero attached hydrogens (tertiary/aromatic N) is 2. The average Bonchev–Trinajstić information content (AvgIpc) is 1.91. The van der Waals surface area contributed by atoms with Gasteiger partial charge in [0, 0.05) is 25.6 Å². The molecule has 0 amide bonds. The van der Waals surface area contributed by atoms with E-state index in [9.17, 15) is 0 Å². The highest BCUT2D eigenvalue weighted by molar-refractivity contribution is 4.84. The number of ether oxygens (including phenoxy) is 1. The third-order valence-corrected chi connectivity index (χ3v) is 0.850. The summed E-state index contributed by atoms with van der Waals surface area (Å²) in [5.41, 5.74) is 0. The maximum atomic E-state index is 4.79. The lowest BCUT2D eigenvalue weighted by molar-refractivity contribution is 0.177. The van der Waals surface area contributed by atoms with Crippen LogP contribution in [0.5, 0.6) is 0 Å². The molecule has 0 saturated carbocycles. The normalized spacial score (nSPS) is 9.44. The monoisotopic (exact) mass is 123 g/mol. The Hall–Kier alpha value is -0.960. The molecule has 1 heterocycles. The highest BCUT2D eigenvalue weighted by Crippen LogP contribution is 1.86. The van der Waals surface area contributed by atoms with Gasteiger partial charge in [-0.2, -0.15) is 0 Å². The summed E-state index contributed by atoms with van der Waals surface area (Å²) in [6, 6.07) is 2.71. The summed E-state index contributed by atoms with van der Waals surface area (Å²) in [6.07, 6.45) is 3.14. The van der Waals surface area contributed by atoms with Gasteiger partial charge in [0.15, 0.2) is 5.82 Å². The molecule has 0 spiro atoms. The first kappa shape index (κ1) is 6.16. The van der Waals surface area contributed by atoms with E-state index in [-0.39, 0.29) is 0 Å². The van der Waals surface area contributed by atoms with E-state index in [1.54, 1.807) is 19.5 Å². The van der Waals surface area contributed by atoms with Crippen LogP contribution in [0.2, 0.25) is 0 Å². The highest BCUT2D eigenvalue weighted by atomic mass is 16.5. The van der Waals surface area contributed by atoms with Gasteiger partial charge in [0.25, 0.3) is 0 Å². The van der Waals surface area contributed by atoms with Crippen LogP contribution in [0.15, 0.2) is 12.4 Å². The van der Waals surface area contributed by atoms with E-state index in [1.165, 1.54) is 0 Å². The zero-order valence-electron chi connectivity index (χ0n) is 5.16. The Labute approximate surface area is 53.7 Å². The van der Waals surface area contributed by atoms with Crippen LogP contribution in [-0.2, 0) is 11.3 Å². The molecule has 1 aromatic rings. The predicted octanol–water partition coefficient (Wildman–Crippen LogP) is 0.423. The molecule has 1 rings (SSSR count). The fourth-order valence-electron chi connectivity index (χ4n) is 0.494. The molecular formula is C6H7N2O. The molecule has 0 aliphatic rings. The lowest BCUT2D eigenvalue weighted by Gasteiger charge is -1.92. The number of aromatic nitrogens is 2. The topological polar surface area (TPSA) is 35.0 Å². The van der Waals surface area contributed by atoms with Gasteiger partial charge in [-0.1, -0.05) is 0 Å². The highest BCUT2D eigenvalue weighted by Gasteiger charge is 1.88. The van der Waals surface area contributed by atoms with Gasteiger partial charge in [0.05, 0.1) is 0 Å². The van der Waals surface area contributed by atoms with Crippen LogP contribution in [-0.4, -0.2) is 17.1 Å². The fourth-order valence-corrected chi connectivity index (χ4v) is 0.494. The van der Waals surface area contributed by atoms with Gasteiger partial charge in [-0.15, -0.1) is 0 Å². The second kappa shape index (κ2) is 3.14. The first-order valence-electron chi connectivity index (χ1n) is 2.59. The van der Waals surface area contributed by atoms with Crippen molar-refractivity contribution in [1.29, 1.82) is 0 Å².